The lowest BCUT2D eigenvalue weighted by molar-refractivity contribution is 0.201. The third-order valence-corrected chi connectivity index (χ3v) is 3.57. The standard InChI is InChI=1S/C13H18FN5/c1-9(19-6-4-15-5-7-19)16-13-11-3-2-10(14)8-12(11)17-18-13/h2-3,8-9,15H,4-7H2,1H3,(H2,16,17,18). The molecule has 5 nitrogen and oxygen atoms in total. The van der Waals surface area contributed by atoms with Crippen molar-refractivity contribution in [2.45, 2.75) is 13.1 Å². The van der Waals surface area contributed by atoms with Gasteiger partial charge in [-0.2, -0.15) is 5.10 Å². The molecule has 0 amide bonds. The van der Waals surface area contributed by atoms with Crippen molar-refractivity contribution in [3.8, 4) is 0 Å². The normalized spacial score (nSPS) is 18.6. The zero-order valence-electron chi connectivity index (χ0n) is 10.9. The van der Waals surface area contributed by atoms with Crippen LogP contribution in [-0.4, -0.2) is 47.4 Å². The van der Waals surface area contributed by atoms with Gasteiger partial charge in [-0.3, -0.25) is 10.00 Å². The molecule has 19 heavy (non-hydrogen) atoms. The summed E-state index contributed by atoms with van der Waals surface area (Å²) in [7, 11) is 0. The van der Waals surface area contributed by atoms with Gasteiger partial charge in [-0.05, 0) is 25.1 Å². The van der Waals surface area contributed by atoms with Crippen molar-refractivity contribution in [3.05, 3.63) is 24.0 Å². The van der Waals surface area contributed by atoms with Gasteiger partial charge in [-0.1, -0.05) is 0 Å². The minimum absolute atomic E-state index is 0.207. The molecule has 0 saturated carbocycles. The van der Waals surface area contributed by atoms with Gasteiger partial charge in [0.25, 0.3) is 0 Å². The molecule has 1 aromatic heterocycles. The summed E-state index contributed by atoms with van der Waals surface area (Å²) in [5.74, 6) is 0.527. The summed E-state index contributed by atoms with van der Waals surface area (Å²) < 4.78 is 13.1. The van der Waals surface area contributed by atoms with E-state index in [-0.39, 0.29) is 12.0 Å². The minimum Gasteiger partial charge on any atom is -0.353 e. The van der Waals surface area contributed by atoms with E-state index in [1.54, 1.807) is 6.07 Å². The number of anilines is 1. The molecule has 1 aliphatic heterocycles. The smallest absolute Gasteiger partial charge is 0.156 e. The van der Waals surface area contributed by atoms with Crippen molar-refractivity contribution >= 4 is 16.7 Å². The molecule has 2 aromatic rings. The Bertz CT molecular complexity index is 561. The van der Waals surface area contributed by atoms with Crippen LogP contribution in [-0.2, 0) is 0 Å². The van der Waals surface area contributed by atoms with Crippen molar-refractivity contribution in [2.75, 3.05) is 31.5 Å². The predicted octanol–water partition coefficient (Wildman–Crippen LogP) is 1.37. The molecule has 1 aliphatic rings. The number of nitrogens with one attached hydrogen (secondary N) is 3. The Hall–Kier alpha value is -1.66. The number of piperazine rings is 1. The molecule has 0 radical (unpaired) electrons. The van der Waals surface area contributed by atoms with E-state index in [0.717, 1.165) is 42.9 Å². The highest BCUT2D eigenvalue weighted by atomic mass is 19.1. The molecule has 0 spiro atoms. The molecule has 0 bridgehead atoms. The van der Waals surface area contributed by atoms with E-state index in [4.69, 9.17) is 0 Å². The Kier molecular flexibility index (Phi) is 3.35. The number of hydrogen-bond acceptors (Lipinski definition) is 4. The van der Waals surface area contributed by atoms with Crippen LogP contribution in [0.2, 0.25) is 0 Å². The molecule has 0 aliphatic carbocycles. The largest absolute Gasteiger partial charge is 0.353 e. The predicted molar refractivity (Wildman–Crippen MR) is 73.6 cm³/mol. The van der Waals surface area contributed by atoms with Gasteiger partial charge in [0.2, 0.25) is 0 Å². The Balaban J connectivity index is 1.77. The summed E-state index contributed by atoms with van der Waals surface area (Å²) >= 11 is 0. The van der Waals surface area contributed by atoms with Crippen LogP contribution < -0.4 is 10.6 Å². The Morgan fingerprint density at radius 3 is 2.95 bits per heavy atom. The van der Waals surface area contributed by atoms with E-state index in [0.29, 0.717) is 0 Å². The zero-order chi connectivity index (χ0) is 13.2. The molecule has 1 saturated heterocycles. The molecule has 1 aromatic carbocycles. The van der Waals surface area contributed by atoms with Crippen LogP contribution in [0, 0.1) is 5.82 Å². The number of benzene rings is 1. The number of H-pyrrole nitrogens is 1. The lowest BCUT2D eigenvalue weighted by Crippen LogP contribution is -2.50. The average molecular weight is 263 g/mol. The van der Waals surface area contributed by atoms with Crippen molar-refractivity contribution < 1.29 is 4.39 Å². The average Bonchev–Trinajstić information content (AvgIpc) is 2.82. The molecular weight excluding hydrogens is 245 g/mol. The van der Waals surface area contributed by atoms with Gasteiger partial charge in [0.1, 0.15) is 5.82 Å². The number of halogens is 1. The number of rotatable bonds is 3. The maximum atomic E-state index is 13.1. The SMILES string of the molecule is CC(Nc1n[nH]c2cc(F)ccc12)N1CCNCC1. The lowest BCUT2D eigenvalue weighted by atomic mass is 10.2. The molecule has 1 fully saturated rings. The van der Waals surface area contributed by atoms with Gasteiger partial charge >= 0.3 is 0 Å². The number of nitrogens with zero attached hydrogens (tertiary/aromatic N) is 2. The molecule has 3 rings (SSSR count). The lowest BCUT2D eigenvalue weighted by Gasteiger charge is -2.33. The monoisotopic (exact) mass is 263 g/mol. The van der Waals surface area contributed by atoms with Gasteiger partial charge in [0.05, 0.1) is 11.7 Å². The first-order valence-corrected chi connectivity index (χ1v) is 6.59. The maximum absolute atomic E-state index is 13.1. The zero-order valence-corrected chi connectivity index (χ0v) is 10.9. The van der Waals surface area contributed by atoms with Crippen LogP contribution in [0.4, 0.5) is 10.2 Å². The Morgan fingerprint density at radius 2 is 2.16 bits per heavy atom. The van der Waals surface area contributed by atoms with Crippen LogP contribution in [0.3, 0.4) is 0 Å². The molecule has 102 valence electrons. The summed E-state index contributed by atoms with van der Waals surface area (Å²) in [5.41, 5.74) is 0.718. The first-order chi connectivity index (χ1) is 9.24. The van der Waals surface area contributed by atoms with E-state index in [1.165, 1.54) is 12.1 Å². The number of hydrogen-bond donors (Lipinski definition) is 3. The van der Waals surface area contributed by atoms with Crippen LogP contribution >= 0.6 is 0 Å². The van der Waals surface area contributed by atoms with Crippen LogP contribution in [0.15, 0.2) is 18.2 Å². The van der Waals surface area contributed by atoms with Crippen LogP contribution in [0.5, 0.6) is 0 Å². The van der Waals surface area contributed by atoms with E-state index in [1.807, 2.05) is 0 Å². The first kappa shape index (κ1) is 12.4. The van der Waals surface area contributed by atoms with Crippen molar-refractivity contribution in [3.63, 3.8) is 0 Å². The summed E-state index contributed by atoms with van der Waals surface area (Å²) in [5, 5.41) is 14.7. The Labute approximate surface area is 111 Å². The number of aromatic amines is 1. The minimum atomic E-state index is -0.252. The summed E-state index contributed by atoms with van der Waals surface area (Å²) in [6.45, 7) is 6.18. The van der Waals surface area contributed by atoms with Gasteiger partial charge in [-0.15, -0.1) is 0 Å². The van der Waals surface area contributed by atoms with Crippen LogP contribution in [0.1, 0.15) is 6.92 Å². The van der Waals surface area contributed by atoms with Gasteiger partial charge in [-0.25, -0.2) is 4.39 Å². The second kappa shape index (κ2) is 5.14. The van der Waals surface area contributed by atoms with Crippen LogP contribution in [0.25, 0.3) is 10.9 Å². The molecule has 6 heteroatoms. The summed E-state index contributed by atoms with van der Waals surface area (Å²) in [6, 6.07) is 4.67. The number of aromatic nitrogens is 2. The van der Waals surface area contributed by atoms with Gasteiger partial charge < -0.3 is 10.6 Å². The fourth-order valence-corrected chi connectivity index (χ4v) is 2.46. The molecule has 3 N–H and O–H groups in total. The van der Waals surface area contributed by atoms with E-state index >= 15 is 0 Å². The molecule has 2 heterocycles. The fraction of sp³-hybridized carbons (Fsp3) is 0.462. The highest BCUT2D eigenvalue weighted by Gasteiger charge is 2.17. The molecule has 1 unspecified atom stereocenters. The van der Waals surface area contributed by atoms with E-state index in [9.17, 15) is 4.39 Å². The van der Waals surface area contributed by atoms with Crippen molar-refractivity contribution in [2.24, 2.45) is 0 Å². The van der Waals surface area contributed by atoms with Gasteiger partial charge in [0, 0.05) is 31.6 Å². The van der Waals surface area contributed by atoms with Gasteiger partial charge in [0.15, 0.2) is 5.82 Å². The quantitative estimate of drug-likeness (QED) is 0.783. The third kappa shape index (κ3) is 2.54. The number of fused-ring (bicyclic) bond motifs is 1. The summed E-state index contributed by atoms with van der Waals surface area (Å²) in [6.07, 6.45) is 0.207. The highest BCUT2D eigenvalue weighted by Crippen LogP contribution is 2.22. The first-order valence-electron chi connectivity index (χ1n) is 6.59. The summed E-state index contributed by atoms with van der Waals surface area (Å²) in [4.78, 5) is 2.36. The maximum Gasteiger partial charge on any atom is 0.156 e. The van der Waals surface area contributed by atoms with Crippen molar-refractivity contribution in [1.82, 2.24) is 20.4 Å². The van der Waals surface area contributed by atoms with E-state index in [2.05, 4.69) is 32.7 Å². The van der Waals surface area contributed by atoms with Crippen molar-refractivity contribution in [1.29, 1.82) is 0 Å². The van der Waals surface area contributed by atoms with E-state index < -0.39 is 0 Å². The Morgan fingerprint density at radius 1 is 1.37 bits per heavy atom. The second-order valence-electron chi connectivity index (χ2n) is 4.87. The highest BCUT2D eigenvalue weighted by molar-refractivity contribution is 5.89. The third-order valence-electron chi connectivity index (χ3n) is 3.57. The fourth-order valence-electron chi connectivity index (χ4n) is 2.46. The molecule has 1 atom stereocenters. The second-order valence-corrected chi connectivity index (χ2v) is 4.87. The molecular formula is C13H18FN5. The topological polar surface area (TPSA) is 56.0 Å².